The van der Waals surface area contributed by atoms with Crippen LogP contribution in [0.1, 0.15) is 30.1 Å². The Kier molecular flexibility index (Phi) is 5.83. The van der Waals surface area contributed by atoms with E-state index in [-0.39, 0.29) is 18.1 Å². The number of carboxylic acids is 1. The van der Waals surface area contributed by atoms with Crippen molar-refractivity contribution in [2.75, 3.05) is 30.8 Å². The number of unbranched alkanes of at least 4 members (excludes halogenated alkanes) is 1. The van der Waals surface area contributed by atoms with Crippen LogP contribution in [0, 0.1) is 0 Å². The van der Waals surface area contributed by atoms with Crippen LogP contribution in [0.4, 0.5) is 11.4 Å². The Labute approximate surface area is 118 Å². The monoisotopic (exact) mass is 280 g/mol. The number of hydrogen-bond acceptors (Lipinski definition) is 5. The highest BCUT2D eigenvalue weighted by molar-refractivity contribution is 5.90. The molecule has 1 aromatic rings. The molecule has 0 aliphatic carbocycles. The molecule has 0 atom stereocenters. The molecule has 1 aromatic carbocycles. The van der Waals surface area contributed by atoms with Crippen LogP contribution in [0.2, 0.25) is 0 Å². The molecule has 0 aliphatic rings. The van der Waals surface area contributed by atoms with Crippen molar-refractivity contribution in [1.29, 1.82) is 0 Å². The van der Waals surface area contributed by atoms with E-state index in [0.29, 0.717) is 18.0 Å². The molecule has 0 spiro atoms. The van der Waals surface area contributed by atoms with Gasteiger partial charge in [-0.05, 0) is 24.6 Å². The SMILES string of the molecule is CCCCOC(=O)CN(C)c1ccc(C(=O)O)cc1N. The number of nitrogen functional groups attached to an aromatic ring is 1. The predicted octanol–water partition coefficient (Wildman–Crippen LogP) is 1.75. The Morgan fingerprint density at radius 2 is 2.10 bits per heavy atom. The first kappa shape index (κ1) is 15.8. The quantitative estimate of drug-likeness (QED) is 0.449. The summed E-state index contributed by atoms with van der Waals surface area (Å²) in [5.74, 6) is -1.37. The number of esters is 1. The van der Waals surface area contributed by atoms with Crippen LogP contribution in [-0.2, 0) is 9.53 Å². The van der Waals surface area contributed by atoms with Crippen molar-refractivity contribution in [3.63, 3.8) is 0 Å². The van der Waals surface area contributed by atoms with E-state index >= 15 is 0 Å². The summed E-state index contributed by atoms with van der Waals surface area (Å²) in [6.07, 6.45) is 1.80. The Morgan fingerprint density at radius 3 is 2.65 bits per heavy atom. The topological polar surface area (TPSA) is 92.9 Å². The van der Waals surface area contributed by atoms with E-state index in [0.717, 1.165) is 12.8 Å². The van der Waals surface area contributed by atoms with Crippen LogP contribution in [0.25, 0.3) is 0 Å². The summed E-state index contributed by atoms with van der Waals surface area (Å²) in [7, 11) is 1.70. The van der Waals surface area contributed by atoms with Gasteiger partial charge in [0.05, 0.1) is 23.5 Å². The van der Waals surface area contributed by atoms with Gasteiger partial charge in [-0.25, -0.2) is 4.79 Å². The Morgan fingerprint density at radius 1 is 1.40 bits per heavy atom. The van der Waals surface area contributed by atoms with Crippen molar-refractivity contribution >= 4 is 23.3 Å². The number of anilines is 2. The number of likely N-dealkylation sites (N-methyl/N-ethyl adjacent to an activating group) is 1. The smallest absolute Gasteiger partial charge is 0.335 e. The van der Waals surface area contributed by atoms with Crippen molar-refractivity contribution < 1.29 is 19.4 Å². The van der Waals surface area contributed by atoms with Crippen LogP contribution >= 0.6 is 0 Å². The number of ether oxygens (including phenoxy) is 1. The third-order valence-corrected chi connectivity index (χ3v) is 2.81. The van der Waals surface area contributed by atoms with E-state index in [1.807, 2.05) is 6.92 Å². The number of aromatic carboxylic acids is 1. The maximum atomic E-state index is 11.6. The molecular weight excluding hydrogens is 260 g/mol. The number of carbonyl (C=O) groups is 2. The van der Waals surface area contributed by atoms with E-state index in [2.05, 4.69) is 0 Å². The zero-order chi connectivity index (χ0) is 15.1. The molecule has 0 fully saturated rings. The first-order valence-electron chi connectivity index (χ1n) is 6.45. The highest BCUT2D eigenvalue weighted by Crippen LogP contribution is 2.23. The number of nitrogens with two attached hydrogens (primary N) is 1. The largest absolute Gasteiger partial charge is 0.478 e. The van der Waals surface area contributed by atoms with Gasteiger partial charge in [0, 0.05) is 7.05 Å². The van der Waals surface area contributed by atoms with Crippen LogP contribution in [0.5, 0.6) is 0 Å². The molecule has 0 bridgehead atoms. The lowest BCUT2D eigenvalue weighted by molar-refractivity contribution is -0.142. The van der Waals surface area contributed by atoms with Gasteiger partial charge < -0.3 is 20.5 Å². The summed E-state index contributed by atoms with van der Waals surface area (Å²) in [4.78, 5) is 24.0. The molecule has 0 saturated heterocycles. The zero-order valence-electron chi connectivity index (χ0n) is 11.8. The Hall–Kier alpha value is -2.24. The molecule has 0 amide bonds. The van der Waals surface area contributed by atoms with Crippen LogP contribution in [0.3, 0.4) is 0 Å². The van der Waals surface area contributed by atoms with E-state index in [1.54, 1.807) is 18.0 Å². The van der Waals surface area contributed by atoms with Gasteiger partial charge in [-0.3, -0.25) is 4.79 Å². The van der Waals surface area contributed by atoms with Crippen molar-refractivity contribution in [2.45, 2.75) is 19.8 Å². The summed E-state index contributed by atoms with van der Waals surface area (Å²) in [6, 6.07) is 4.40. The van der Waals surface area contributed by atoms with Gasteiger partial charge in [0.25, 0.3) is 0 Å². The van der Waals surface area contributed by atoms with Crippen LogP contribution in [-0.4, -0.2) is 37.2 Å². The van der Waals surface area contributed by atoms with Crippen molar-refractivity contribution in [1.82, 2.24) is 0 Å². The highest BCUT2D eigenvalue weighted by atomic mass is 16.5. The number of benzene rings is 1. The van der Waals surface area contributed by atoms with Gasteiger partial charge in [-0.2, -0.15) is 0 Å². The predicted molar refractivity (Wildman–Crippen MR) is 77.0 cm³/mol. The molecule has 20 heavy (non-hydrogen) atoms. The van der Waals surface area contributed by atoms with Gasteiger partial charge >= 0.3 is 11.9 Å². The summed E-state index contributed by atoms with van der Waals surface area (Å²) < 4.78 is 5.06. The molecule has 1 rings (SSSR count). The highest BCUT2D eigenvalue weighted by Gasteiger charge is 2.13. The number of carbonyl (C=O) groups excluding carboxylic acids is 1. The molecule has 0 heterocycles. The van der Waals surface area contributed by atoms with Gasteiger partial charge in [0.2, 0.25) is 0 Å². The van der Waals surface area contributed by atoms with Crippen molar-refractivity contribution in [3.05, 3.63) is 23.8 Å². The van der Waals surface area contributed by atoms with Gasteiger partial charge in [0.1, 0.15) is 6.54 Å². The van der Waals surface area contributed by atoms with Crippen LogP contribution in [0.15, 0.2) is 18.2 Å². The summed E-state index contributed by atoms with van der Waals surface area (Å²) >= 11 is 0. The lowest BCUT2D eigenvalue weighted by Crippen LogP contribution is -2.28. The number of nitrogens with zero attached hydrogens (tertiary/aromatic N) is 1. The summed E-state index contributed by atoms with van der Waals surface area (Å²) in [5, 5.41) is 8.86. The standard InChI is InChI=1S/C14H20N2O4/c1-3-4-7-20-13(17)9-16(2)12-6-5-10(14(18)19)8-11(12)15/h5-6,8H,3-4,7,9,15H2,1-2H3,(H,18,19). The minimum atomic E-state index is -1.04. The van der Waals surface area contributed by atoms with Crippen LogP contribution < -0.4 is 10.6 Å². The molecule has 0 saturated carbocycles. The molecule has 6 nitrogen and oxygen atoms in total. The second-order valence-electron chi connectivity index (χ2n) is 4.51. The first-order chi connectivity index (χ1) is 9.45. The second kappa shape index (κ2) is 7.37. The van der Waals surface area contributed by atoms with E-state index in [4.69, 9.17) is 15.6 Å². The fourth-order valence-electron chi connectivity index (χ4n) is 1.69. The lowest BCUT2D eigenvalue weighted by Gasteiger charge is -2.20. The molecular formula is C14H20N2O4. The van der Waals surface area contributed by atoms with Gasteiger partial charge in [-0.15, -0.1) is 0 Å². The fraction of sp³-hybridized carbons (Fsp3) is 0.429. The third-order valence-electron chi connectivity index (χ3n) is 2.81. The van der Waals surface area contributed by atoms with E-state index in [1.165, 1.54) is 12.1 Å². The molecule has 110 valence electrons. The van der Waals surface area contributed by atoms with Gasteiger partial charge in [-0.1, -0.05) is 13.3 Å². The summed E-state index contributed by atoms with van der Waals surface area (Å²) in [6.45, 7) is 2.50. The molecule has 3 N–H and O–H groups in total. The summed E-state index contributed by atoms with van der Waals surface area (Å²) in [5.41, 5.74) is 6.83. The number of hydrogen-bond donors (Lipinski definition) is 2. The Balaban J connectivity index is 2.65. The Bertz CT molecular complexity index is 488. The second-order valence-corrected chi connectivity index (χ2v) is 4.51. The first-order valence-corrected chi connectivity index (χ1v) is 6.45. The molecule has 0 aliphatic heterocycles. The number of rotatable bonds is 7. The lowest BCUT2D eigenvalue weighted by atomic mass is 10.1. The van der Waals surface area contributed by atoms with E-state index in [9.17, 15) is 9.59 Å². The van der Waals surface area contributed by atoms with Crippen molar-refractivity contribution in [2.24, 2.45) is 0 Å². The van der Waals surface area contributed by atoms with Gasteiger partial charge in [0.15, 0.2) is 0 Å². The van der Waals surface area contributed by atoms with E-state index < -0.39 is 5.97 Å². The maximum Gasteiger partial charge on any atom is 0.335 e. The normalized spacial score (nSPS) is 10.1. The number of carboxylic acid groups (broad SMARTS) is 1. The zero-order valence-corrected chi connectivity index (χ0v) is 11.8. The molecule has 6 heteroatoms. The average molecular weight is 280 g/mol. The molecule has 0 aromatic heterocycles. The van der Waals surface area contributed by atoms with Crippen molar-refractivity contribution in [3.8, 4) is 0 Å². The molecule has 0 radical (unpaired) electrons. The fourth-order valence-corrected chi connectivity index (χ4v) is 1.69. The minimum Gasteiger partial charge on any atom is -0.478 e. The average Bonchev–Trinajstić information content (AvgIpc) is 2.38. The third kappa shape index (κ3) is 4.46. The minimum absolute atomic E-state index is 0.0698. The molecule has 0 unspecified atom stereocenters. The maximum absolute atomic E-state index is 11.6.